The number of aliphatic hydroxyl groups excluding tert-OH is 1. The molecular formula is C23H22N4O3. The SMILES string of the molecule is O=C(c1ccc2cc[nH]c2c1)N1CCCC1c1nc2ccccc2c(=O)n1CCO. The summed E-state index contributed by atoms with van der Waals surface area (Å²) in [5.74, 6) is 0.464. The lowest BCUT2D eigenvalue weighted by atomic mass is 10.1. The smallest absolute Gasteiger partial charge is 0.261 e. The van der Waals surface area contributed by atoms with Crippen LogP contribution in [0.25, 0.3) is 21.8 Å². The van der Waals surface area contributed by atoms with Crippen LogP contribution in [-0.2, 0) is 6.54 Å². The Morgan fingerprint density at radius 1 is 1.20 bits per heavy atom. The predicted octanol–water partition coefficient (Wildman–Crippen LogP) is 2.85. The summed E-state index contributed by atoms with van der Waals surface area (Å²) in [5.41, 5.74) is 1.95. The average Bonchev–Trinajstić information content (AvgIpc) is 3.44. The molecule has 0 radical (unpaired) electrons. The zero-order valence-corrected chi connectivity index (χ0v) is 16.4. The first-order valence-electron chi connectivity index (χ1n) is 10.2. The Morgan fingerprint density at radius 2 is 2.07 bits per heavy atom. The fraction of sp³-hybridized carbons (Fsp3) is 0.261. The molecule has 5 rings (SSSR count). The van der Waals surface area contributed by atoms with Gasteiger partial charge in [0.2, 0.25) is 0 Å². The van der Waals surface area contributed by atoms with Crippen LogP contribution < -0.4 is 5.56 Å². The number of carbonyl (C=O) groups excluding carboxylic acids is 1. The van der Waals surface area contributed by atoms with E-state index in [1.165, 1.54) is 4.57 Å². The van der Waals surface area contributed by atoms with Gasteiger partial charge in [0.05, 0.1) is 30.1 Å². The summed E-state index contributed by atoms with van der Waals surface area (Å²) in [4.78, 5) is 36.1. The molecule has 1 fully saturated rings. The van der Waals surface area contributed by atoms with Crippen LogP contribution in [0.4, 0.5) is 0 Å². The number of carbonyl (C=O) groups is 1. The maximum absolute atomic E-state index is 13.4. The van der Waals surface area contributed by atoms with Gasteiger partial charge in [-0.15, -0.1) is 0 Å². The van der Waals surface area contributed by atoms with Gasteiger partial charge in [0.25, 0.3) is 11.5 Å². The first-order chi connectivity index (χ1) is 14.7. The van der Waals surface area contributed by atoms with Crippen molar-refractivity contribution in [3.63, 3.8) is 0 Å². The molecule has 0 spiro atoms. The van der Waals surface area contributed by atoms with Gasteiger partial charge in [-0.1, -0.05) is 18.2 Å². The van der Waals surface area contributed by atoms with Crippen molar-refractivity contribution in [1.82, 2.24) is 19.4 Å². The molecule has 2 aromatic heterocycles. The van der Waals surface area contributed by atoms with E-state index in [-0.39, 0.29) is 30.7 Å². The maximum atomic E-state index is 13.4. The molecule has 4 aromatic rings. The number of rotatable bonds is 4. The molecule has 7 heteroatoms. The zero-order valence-electron chi connectivity index (χ0n) is 16.4. The lowest BCUT2D eigenvalue weighted by Gasteiger charge is -2.26. The van der Waals surface area contributed by atoms with Crippen LogP contribution in [0.5, 0.6) is 0 Å². The molecule has 152 valence electrons. The number of aromatic amines is 1. The van der Waals surface area contributed by atoms with Crippen LogP contribution in [0.1, 0.15) is 35.1 Å². The van der Waals surface area contributed by atoms with Crippen molar-refractivity contribution in [2.75, 3.05) is 13.2 Å². The largest absolute Gasteiger partial charge is 0.395 e. The summed E-state index contributed by atoms with van der Waals surface area (Å²) in [7, 11) is 0. The summed E-state index contributed by atoms with van der Waals surface area (Å²) in [6.45, 7) is 0.587. The first-order valence-corrected chi connectivity index (χ1v) is 10.2. The maximum Gasteiger partial charge on any atom is 0.261 e. The Balaban J connectivity index is 1.59. The molecule has 1 unspecified atom stereocenters. The van der Waals surface area contributed by atoms with E-state index >= 15 is 0 Å². The van der Waals surface area contributed by atoms with E-state index in [0.29, 0.717) is 28.8 Å². The molecular weight excluding hydrogens is 380 g/mol. The Kier molecular flexibility index (Phi) is 4.59. The number of fused-ring (bicyclic) bond motifs is 2. The van der Waals surface area contributed by atoms with Gasteiger partial charge in [-0.05, 0) is 48.6 Å². The van der Waals surface area contributed by atoms with Crippen LogP contribution >= 0.6 is 0 Å². The summed E-state index contributed by atoms with van der Waals surface area (Å²) in [5, 5.41) is 11.1. The highest BCUT2D eigenvalue weighted by Crippen LogP contribution is 2.33. The number of aliphatic hydroxyl groups is 1. The molecule has 0 saturated carbocycles. The molecule has 1 aliphatic heterocycles. The quantitative estimate of drug-likeness (QED) is 0.549. The minimum atomic E-state index is -0.305. The van der Waals surface area contributed by atoms with Gasteiger partial charge in [0.15, 0.2) is 0 Å². The molecule has 30 heavy (non-hydrogen) atoms. The Labute approximate surface area is 172 Å². The number of likely N-dealkylation sites (tertiary alicyclic amines) is 1. The van der Waals surface area contributed by atoms with Crippen molar-refractivity contribution in [3.05, 3.63) is 76.5 Å². The molecule has 0 aliphatic carbocycles. The highest BCUT2D eigenvalue weighted by atomic mass is 16.3. The van der Waals surface area contributed by atoms with Gasteiger partial charge in [0, 0.05) is 23.8 Å². The highest BCUT2D eigenvalue weighted by Gasteiger charge is 2.34. The fourth-order valence-corrected chi connectivity index (χ4v) is 4.38. The number of hydrogen-bond donors (Lipinski definition) is 2. The van der Waals surface area contributed by atoms with E-state index in [2.05, 4.69) is 4.98 Å². The fourth-order valence-electron chi connectivity index (χ4n) is 4.38. The zero-order chi connectivity index (χ0) is 20.7. The monoisotopic (exact) mass is 402 g/mol. The molecule has 2 aromatic carbocycles. The third-order valence-corrected chi connectivity index (χ3v) is 5.83. The molecule has 7 nitrogen and oxygen atoms in total. The lowest BCUT2D eigenvalue weighted by Crippen LogP contribution is -2.36. The van der Waals surface area contributed by atoms with E-state index in [9.17, 15) is 14.7 Å². The molecule has 3 heterocycles. The van der Waals surface area contributed by atoms with Gasteiger partial charge in [-0.25, -0.2) is 4.98 Å². The van der Waals surface area contributed by atoms with Crippen molar-refractivity contribution in [1.29, 1.82) is 0 Å². The van der Waals surface area contributed by atoms with E-state index in [1.54, 1.807) is 17.0 Å². The van der Waals surface area contributed by atoms with Crippen LogP contribution in [0, 0.1) is 0 Å². The Morgan fingerprint density at radius 3 is 2.93 bits per heavy atom. The predicted molar refractivity (Wildman–Crippen MR) is 114 cm³/mol. The minimum absolute atomic E-state index is 0.0769. The number of nitrogens with one attached hydrogen (secondary N) is 1. The number of amides is 1. The minimum Gasteiger partial charge on any atom is -0.395 e. The van der Waals surface area contributed by atoms with Crippen molar-refractivity contribution in [3.8, 4) is 0 Å². The van der Waals surface area contributed by atoms with E-state index < -0.39 is 0 Å². The van der Waals surface area contributed by atoms with Crippen LogP contribution in [-0.4, -0.2) is 43.6 Å². The van der Waals surface area contributed by atoms with E-state index in [0.717, 1.165) is 23.7 Å². The number of benzene rings is 2. The molecule has 1 aliphatic rings. The first kappa shape index (κ1) is 18.6. The summed E-state index contributed by atoms with van der Waals surface area (Å²) >= 11 is 0. The number of para-hydroxylation sites is 1. The molecule has 2 N–H and O–H groups in total. The van der Waals surface area contributed by atoms with Gasteiger partial charge in [-0.2, -0.15) is 0 Å². The third kappa shape index (κ3) is 2.98. The molecule has 0 bridgehead atoms. The number of nitrogens with zero attached hydrogens (tertiary/aromatic N) is 3. The summed E-state index contributed by atoms with van der Waals surface area (Å²) < 4.78 is 1.52. The molecule has 1 atom stereocenters. The number of hydrogen-bond acceptors (Lipinski definition) is 4. The lowest BCUT2D eigenvalue weighted by molar-refractivity contribution is 0.0726. The Hall–Kier alpha value is -3.45. The average molecular weight is 402 g/mol. The van der Waals surface area contributed by atoms with Crippen LogP contribution in [0.3, 0.4) is 0 Å². The van der Waals surface area contributed by atoms with Gasteiger partial charge in [-0.3, -0.25) is 14.2 Å². The topological polar surface area (TPSA) is 91.2 Å². The second-order valence-electron chi connectivity index (χ2n) is 7.60. The van der Waals surface area contributed by atoms with Gasteiger partial charge in [0.1, 0.15) is 5.82 Å². The van der Waals surface area contributed by atoms with E-state index in [4.69, 9.17) is 4.98 Å². The van der Waals surface area contributed by atoms with Crippen molar-refractivity contribution in [2.45, 2.75) is 25.4 Å². The standard InChI is InChI=1S/C23H22N4O3/c28-13-12-27-21(25-18-5-2-1-4-17(18)23(27)30)20-6-3-11-26(20)22(29)16-8-7-15-9-10-24-19(15)14-16/h1-2,4-5,7-10,14,20,24,28H,3,6,11-13H2. The Bertz CT molecular complexity index is 1310. The second kappa shape index (κ2) is 7.42. The highest BCUT2D eigenvalue weighted by molar-refractivity contribution is 5.98. The summed E-state index contributed by atoms with van der Waals surface area (Å²) in [6, 6.07) is 14.5. The number of aromatic nitrogens is 3. The van der Waals surface area contributed by atoms with Crippen molar-refractivity contribution < 1.29 is 9.90 Å². The van der Waals surface area contributed by atoms with Crippen molar-refractivity contribution >= 4 is 27.7 Å². The second-order valence-corrected chi connectivity index (χ2v) is 7.60. The van der Waals surface area contributed by atoms with Crippen LogP contribution in [0.15, 0.2) is 59.5 Å². The number of H-pyrrole nitrogens is 1. The van der Waals surface area contributed by atoms with Gasteiger partial charge < -0.3 is 15.0 Å². The normalized spacial score (nSPS) is 16.6. The summed E-state index contributed by atoms with van der Waals surface area (Å²) in [6.07, 6.45) is 3.42. The third-order valence-electron chi connectivity index (χ3n) is 5.83. The van der Waals surface area contributed by atoms with Gasteiger partial charge >= 0.3 is 0 Å². The van der Waals surface area contributed by atoms with E-state index in [1.807, 2.05) is 42.6 Å². The van der Waals surface area contributed by atoms with Crippen LogP contribution in [0.2, 0.25) is 0 Å². The molecule has 1 saturated heterocycles. The van der Waals surface area contributed by atoms with Crippen molar-refractivity contribution in [2.24, 2.45) is 0 Å². The molecule has 1 amide bonds.